The highest BCUT2D eigenvalue weighted by molar-refractivity contribution is 6.74. The van der Waals surface area contributed by atoms with Crippen LogP contribution < -0.4 is 9.47 Å². The molecule has 0 radical (unpaired) electrons. The van der Waals surface area contributed by atoms with Crippen molar-refractivity contribution in [2.75, 3.05) is 27.3 Å². The number of amides is 1. The van der Waals surface area contributed by atoms with Gasteiger partial charge in [0.2, 0.25) is 0 Å². The SMILES string of the molecule is CN(C)C(=O)c1ccc2c(c1)O[C@@H](CO[Si](C)(C)C(C)(C)C)CO2. The van der Waals surface area contributed by atoms with E-state index in [-0.39, 0.29) is 17.0 Å². The van der Waals surface area contributed by atoms with Crippen LogP contribution in [0.15, 0.2) is 18.2 Å². The number of fused-ring (bicyclic) bond motifs is 1. The van der Waals surface area contributed by atoms with E-state index in [4.69, 9.17) is 13.9 Å². The Balaban J connectivity index is 2.06. The largest absolute Gasteiger partial charge is 0.486 e. The Kier molecular flexibility index (Phi) is 5.30. The van der Waals surface area contributed by atoms with Crippen molar-refractivity contribution in [3.63, 3.8) is 0 Å². The molecule has 1 aromatic carbocycles. The van der Waals surface area contributed by atoms with E-state index >= 15 is 0 Å². The molecule has 0 aromatic heterocycles. The van der Waals surface area contributed by atoms with Crippen LogP contribution in [0.5, 0.6) is 11.5 Å². The summed E-state index contributed by atoms with van der Waals surface area (Å²) in [6, 6.07) is 5.30. The molecule has 0 unspecified atom stereocenters. The predicted octanol–water partition coefficient (Wildman–Crippen LogP) is 3.55. The van der Waals surface area contributed by atoms with Gasteiger partial charge in [-0.2, -0.15) is 0 Å². The topological polar surface area (TPSA) is 48.0 Å². The van der Waals surface area contributed by atoms with Gasteiger partial charge in [0.1, 0.15) is 6.61 Å². The number of benzene rings is 1. The summed E-state index contributed by atoms with van der Waals surface area (Å²) in [6.07, 6.45) is -0.156. The maximum atomic E-state index is 12.1. The van der Waals surface area contributed by atoms with E-state index < -0.39 is 8.32 Å². The minimum absolute atomic E-state index is 0.0546. The number of rotatable bonds is 4. The fourth-order valence-electron chi connectivity index (χ4n) is 2.11. The van der Waals surface area contributed by atoms with Crippen molar-refractivity contribution in [2.45, 2.75) is 45.0 Å². The Labute approximate surface area is 146 Å². The highest BCUT2D eigenvalue weighted by Crippen LogP contribution is 2.37. The van der Waals surface area contributed by atoms with Crippen LogP contribution >= 0.6 is 0 Å². The van der Waals surface area contributed by atoms with Gasteiger partial charge in [0, 0.05) is 19.7 Å². The average Bonchev–Trinajstić information content (AvgIpc) is 2.50. The fraction of sp³-hybridized carbons (Fsp3) is 0.611. The third kappa shape index (κ3) is 4.11. The summed E-state index contributed by atoms with van der Waals surface area (Å²) in [5.41, 5.74) is 0.591. The molecule has 1 amide bonds. The third-order valence-corrected chi connectivity index (χ3v) is 9.25. The van der Waals surface area contributed by atoms with E-state index in [0.29, 0.717) is 30.3 Å². The number of hydrogen-bond acceptors (Lipinski definition) is 4. The van der Waals surface area contributed by atoms with Gasteiger partial charge in [0.15, 0.2) is 25.9 Å². The molecule has 0 spiro atoms. The highest BCUT2D eigenvalue weighted by atomic mass is 28.4. The molecule has 0 saturated carbocycles. The second kappa shape index (κ2) is 6.76. The lowest BCUT2D eigenvalue weighted by molar-refractivity contribution is 0.0490. The van der Waals surface area contributed by atoms with Crippen molar-refractivity contribution in [2.24, 2.45) is 0 Å². The maximum Gasteiger partial charge on any atom is 0.253 e. The molecular formula is C18H29NO4Si. The first-order chi connectivity index (χ1) is 11.0. The van der Waals surface area contributed by atoms with Gasteiger partial charge in [-0.1, -0.05) is 20.8 Å². The van der Waals surface area contributed by atoms with Gasteiger partial charge in [-0.25, -0.2) is 0 Å². The minimum atomic E-state index is -1.82. The van der Waals surface area contributed by atoms with E-state index in [9.17, 15) is 4.79 Å². The zero-order chi connectivity index (χ0) is 18.1. The molecule has 0 saturated heterocycles. The maximum absolute atomic E-state index is 12.1. The lowest BCUT2D eigenvalue weighted by Crippen LogP contribution is -2.45. The quantitative estimate of drug-likeness (QED) is 0.779. The van der Waals surface area contributed by atoms with Crippen molar-refractivity contribution in [1.29, 1.82) is 0 Å². The molecule has 1 atom stereocenters. The van der Waals surface area contributed by atoms with Crippen LogP contribution in [0.1, 0.15) is 31.1 Å². The van der Waals surface area contributed by atoms with E-state index in [0.717, 1.165) is 0 Å². The van der Waals surface area contributed by atoms with Crippen LogP contribution in [0.4, 0.5) is 0 Å². The first-order valence-electron chi connectivity index (χ1n) is 8.30. The lowest BCUT2D eigenvalue weighted by Gasteiger charge is -2.37. The summed E-state index contributed by atoms with van der Waals surface area (Å²) in [5.74, 6) is 1.23. The number of ether oxygens (including phenoxy) is 2. The predicted molar refractivity (Wildman–Crippen MR) is 97.5 cm³/mol. The van der Waals surface area contributed by atoms with Crippen LogP contribution in [-0.4, -0.2) is 52.5 Å². The molecule has 0 bridgehead atoms. The first-order valence-corrected chi connectivity index (χ1v) is 11.2. The Hall–Kier alpha value is -1.53. The van der Waals surface area contributed by atoms with E-state index in [1.54, 1.807) is 37.2 Å². The summed E-state index contributed by atoms with van der Waals surface area (Å²) in [6.45, 7) is 12.0. The van der Waals surface area contributed by atoms with Gasteiger partial charge in [-0.05, 0) is 36.3 Å². The van der Waals surface area contributed by atoms with Crippen LogP contribution in [0.2, 0.25) is 18.1 Å². The smallest absolute Gasteiger partial charge is 0.253 e. The van der Waals surface area contributed by atoms with Gasteiger partial charge in [-0.15, -0.1) is 0 Å². The molecule has 0 aliphatic carbocycles. The molecule has 1 aliphatic heterocycles. The molecule has 5 nitrogen and oxygen atoms in total. The van der Waals surface area contributed by atoms with Gasteiger partial charge in [0.05, 0.1) is 6.61 Å². The van der Waals surface area contributed by atoms with Crippen molar-refractivity contribution in [3.05, 3.63) is 23.8 Å². The van der Waals surface area contributed by atoms with Crippen LogP contribution in [-0.2, 0) is 4.43 Å². The summed E-state index contributed by atoms with van der Waals surface area (Å²) in [5, 5.41) is 0.158. The molecular weight excluding hydrogens is 322 g/mol. The van der Waals surface area contributed by atoms with Crippen molar-refractivity contribution >= 4 is 14.2 Å². The molecule has 134 valence electrons. The first kappa shape index (κ1) is 18.8. The summed E-state index contributed by atoms with van der Waals surface area (Å²) >= 11 is 0. The van der Waals surface area contributed by atoms with Gasteiger partial charge in [-0.3, -0.25) is 4.79 Å². The fourth-order valence-corrected chi connectivity index (χ4v) is 3.14. The Morgan fingerprint density at radius 1 is 1.29 bits per heavy atom. The second-order valence-electron chi connectivity index (χ2n) is 7.98. The van der Waals surface area contributed by atoms with E-state index in [1.165, 1.54) is 0 Å². The van der Waals surface area contributed by atoms with Crippen molar-refractivity contribution in [3.8, 4) is 11.5 Å². The van der Waals surface area contributed by atoms with Crippen molar-refractivity contribution in [1.82, 2.24) is 4.90 Å². The third-order valence-electron chi connectivity index (χ3n) is 4.75. The van der Waals surface area contributed by atoms with Crippen LogP contribution in [0.3, 0.4) is 0 Å². The highest BCUT2D eigenvalue weighted by Gasteiger charge is 2.38. The van der Waals surface area contributed by atoms with Gasteiger partial charge < -0.3 is 18.8 Å². The Morgan fingerprint density at radius 3 is 2.54 bits per heavy atom. The standard InChI is InChI=1S/C18H29NO4Si/c1-18(2,3)24(6,7)22-12-14-11-21-15-9-8-13(10-16(15)23-14)17(20)19(4)5/h8-10,14H,11-12H2,1-7H3/t14-/m1/s1. The van der Waals surface area contributed by atoms with Crippen molar-refractivity contribution < 1.29 is 18.7 Å². The number of carbonyl (C=O) groups is 1. The van der Waals surface area contributed by atoms with E-state index in [1.807, 2.05) is 0 Å². The second-order valence-corrected chi connectivity index (χ2v) is 12.8. The molecule has 1 heterocycles. The zero-order valence-electron chi connectivity index (χ0n) is 15.8. The van der Waals surface area contributed by atoms with Crippen LogP contribution in [0.25, 0.3) is 0 Å². The molecule has 1 aromatic rings. The summed E-state index contributed by atoms with van der Waals surface area (Å²) in [4.78, 5) is 13.6. The molecule has 0 N–H and O–H groups in total. The monoisotopic (exact) mass is 351 g/mol. The normalized spacial score (nSPS) is 17.5. The zero-order valence-corrected chi connectivity index (χ0v) is 16.8. The average molecular weight is 352 g/mol. The molecule has 2 rings (SSSR count). The molecule has 24 heavy (non-hydrogen) atoms. The molecule has 6 heteroatoms. The lowest BCUT2D eigenvalue weighted by atomic mass is 10.1. The summed E-state index contributed by atoms with van der Waals surface area (Å²) < 4.78 is 18.0. The molecule has 0 fully saturated rings. The number of nitrogens with zero attached hydrogens (tertiary/aromatic N) is 1. The van der Waals surface area contributed by atoms with Gasteiger partial charge in [0.25, 0.3) is 5.91 Å². The van der Waals surface area contributed by atoms with E-state index in [2.05, 4.69) is 33.9 Å². The van der Waals surface area contributed by atoms with Crippen LogP contribution in [0, 0.1) is 0 Å². The number of carbonyl (C=O) groups excluding carboxylic acids is 1. The Morgan fingerprint density at radius 2 is 1.96 bits per heavy atom. The Bertz CT molecular complexity index is 608. The van der Waals surface area contributed by atoms with Gasteiger partial charge >= 0.3 is 0 Å². The summed E-state index contributed by atoms with van der Waals surface area (Å²) in [7, 11) is 1.64. The number of hydrogen-bond donors (Lipinski definition) is 0. The minimum Gasteiger partial charge on any atom is -0.486 e. The molecule has 1 aliphatic rings.